The first-order valence-corrected chi connectivity index (χ1v) is 7.20. The molecule has 2 aromatic rings. The Hall–Kier alpha value is -1.52. The van der Waals surface area contributed by atoms with Crippen LogP contribution < -0.4 is 15.2 Å². The van der Waals surface area contributed by atoms with E-state index in [1.165, 1.54) is 0 Å². The molecule has 0 aromatic heterocycles. The fourth-order valence-electron chi connectivity index (χ4n) is 1.91. The molecular formula is C16H18BrNO2. The van der Waals surface area contributed by atoms with Crippen molar-refractivity contribution in [1.82, 2.24) is 0 Å². The smallest absolute Gasteiger partial charge is 0.125 e. The Morgan fingerprint density at radius 1 is 1.20 bits per heavy atom. The van der Waals surface area contributed by atoms with Gasteiger partial charge in [-0.25, -0.2) is 0 Å². The summed E-state index contributed by atoms with van der Waals surface area (Å²) >= 11 is 3.45. The molecule has 1 atom stereocenters. The fourth-order valence-corrected chi connectivity index (χ4v) is 2.32. The molecule has 20 heavy (non-hydrogen) atoms. The lowest BCUT2D eigenvalue weighted by atomic mass is 10.1. The highest BCUT2D eigenvalue weighted by Crippen LogP contribution is 2.25. The van der Waals surface area contributed by atoms with Gasteiger partial charge in [0.25, 0.3) is 0 Å². The number of benzene rings is 2. The molecule has 2 aromatic carbocycles. The molecule has 0 unspecified atom stereocenters. The molecule has 3 nitrogen and oxygen atoms in total. The van der Waals surface area contributed by atoms with E-state index in [0.717, 1.165) is 27.1 Å². The molecule has 2 N–H and O–H groups in total. The van der Waals surface area contributed by atoms with Crippen LogP contribution in [0.25, 0.3) is 0 Å². The van der Waals surface area contributed by atoms with E-state index < -0.39 is 0 Å². The molecule has 2 rings (SSSR count). The average Bonchev–Trinajstić information content (AvgIpc) is 2.45. The van der Waals surface area contributed by atoms with Gasteiger partial charge in [-0.3, -0.25) is 0 Å². The summed E-state index contributed by atoms with van der Waals surface area (Å²) in [7, 11) is 1.66. The fraction of sp³-hybridized carbons (Fsp3) is 0.250. The normalized spacial score (nSPS) is 12.0. The van der Waals surface area contributed by atoms with Gasteiger partial charge in [0.1, 0.15) is 18.1 Å². The van der Waals surface area contributed by atoms with Crippen LogP contribution in [-0.2, 0) is 6.61 Å². The van der Waals surface area contributed by atoms with Gasteiger partial charge in [0.05, 0.1) is 7.11 Å². The summed E-state index contributed by atoms with van der Waals surface area (Å²) < 4.78 is 12.2. The Morgan fingerprint density at radius 3 is 2.70 bits per heavy atom. The van der Waals surface area contributed by atoms with Gasteiger partial charge in [-0.05, 0) is 42.8 Å². The van der Waals surface area contributed by atoms with E-state index >= 15 is 0 Å². The van der Waals surface area contributed by atoms with Gasteiger partial charge in [-0.1, -0.05) is 28.1 Å². The minimum atomic E-state index is -0.000967. The number of hydrogen-bond acceptors (Lipinski definition) is 3. The van der Waals surface area contributed by atoms with E-state index in [9.17, 15) is 0 Å². The molecule has 4 heteroatoms. The predicted octanol–water partition coefficient (Wildman–Crippen LogP) is 4.06. The molecule has 0 spiro atoms. The van der Waals surface area contributed by atoms with Crippen LogP contribution in [0.5, 0.6) is 11.5 Å². The SMILES string of the molecule is COc1ccc(Br)cc1COc1cccc([C@@H](C)N)c1. The third kappa shape index (κ3) is 3.74. The summed E-state index contributed by atoms with van der Waals surface area (Å²) in [6.07, 6.45) is 0. The van der Waals surface area contributed by atoms with E-state index in [1.54, 1.807) is 7.11 Å². The molecule has 0 radical (unpaired) electrons. The van der Waals surface area contributed by atoms with Crippen molar-refractivity contribution in [3.63, 3.8) is 0 Å². The predicted molar refractivity (Wildman–Crippen MR) is 84.1 cm³/mol. The first-order chi connectivity index (χ1) is 9.60. The number of ether oxygens (including phenoxy) is 2. The molecule has 0 heterocycles. The van der Waals surface area contributed by atoms with Gasteiger partial charge in [0.15, 0.2) is 0 Å². The molecule has 0 fully saturated rings. The minimum Gasteiger partial charge on any atom is -0.496 e. The second-order valence-corrected chi connectivity index (χ2v) is 5.52. The molecule has 0 aliphatic heterocycles. The lowest BCUT2D eigenvalue weighted by Gasteiger charge is -2.12. The first-order valence-electron chi connectivity index (χ1n) is 6.41. The van der Waals surface area contributed by atoms with Crippen LogP contribution in [0.4, 0.5) is 0 Å². The molecule has 0 aliphatic rings. The summed E-state index contributed by atoms with van der Waals surface area (Å²) in [5.74, 6) is 1.62. The summed E-state index contributed by atoms with van der Waals surface area (Å²) in [5.41, 5.74) is 7.93. The van der Waals surface area contributed by atoms with Gasteiger partial charge in [-0.2, -0.15) is 0 Å². The van der Waals surface area contributed by atoms with Crippen molar-refractivity contribution in [2.75, 3.05) is 7.11 Å². The molecule has 0 aliphatic carbocycles. The van der Waals surface area contributed by atoms with E-state index in [1.807, 2.05) is 49.4 Å². The zero-order chi connectivity index (χ0) is 14.5. The molecule has 0 saturated carbocycles. The lowest BCUT2D eigenvalue weighted by molar-refractivity contribution is 0.296. The molecule has 0 saturated heterocycles. The van der Waals surface area contributed by atoms with E-state index in [4.69, 9.17) is 15.2 Å². The Morgan fingerprint density at radius 2 is 2.00 bits per heavy atom. The van der Waals surface area contributed by atoms with Crippen molar-refractivity contribution < 1.29 is 9.47 Å². The van der Waals surface area contributed by atoms with Crippen LogP contribution in [0.1, 0.15) is 24.1 Å². The topological polar surface area (TPSA) is 44.5 Å². The summed E-state index contributed by atoms with van der Waals surface area (Å²) in [6, 6.07) is 13.7. The Bertz CT molecular complexity index is 584. The Kier molecular flexibility index (Phi) is 5.04. The number of rotatable bonds is 5. The molecule has 0 bridgehead atoms. The van der Waals surface area contributed by atoms with Crippen molar-refractivity contribution in [3.8, 4) is 11.5 Å². The van der Waals surface area contributed by atoms with Crippen molar-refractivity contribution in [2.24, 2.45) is 5.73 Å². The van der Waals surface area contributed by atoms with Crippen LogP contribution in [0, 0.1) is 0 Å². The van der Waals surface area contributed by atoms with Gasteiger partial charge in [0, 0.05) is 16.1 Å². The second kappa shape index (κ2) is 6.77. The monoisotopic (exact) mass is 335 g/mol. The number of nitrogens with two attached hydrogens (primary N) is 1. The van der Waals surface area contributed by atoms with Crippen molar-refractivity contribution in [1.29, 1.82) is 0 Å². The summed E-state index contributed by atoms with van der Waals surface area (Å²) in [6.45, 7) is 2.40. The van der Waals surface area contributed by atoms with Gasteiger partial charge in [0.2, 0.25) is 0 Å². The van der Waals surface area contributed by atoms with Crippen molar-refractivity contribution in [2.45, 2.75) is 19.6 Å². The largest absolute Gasteiger partial charge is 0.496 e. The lowest BCUT2D eigenvalue weighted by Crippen LogP contribution is -2.05. The summed E-state index contributed by atoms with van der Waals surface area (Å²) in [5, 5.41) is 0. The number of methoxy groups -OCH3 is 1. The minimum absolute atomic E-state index is 0.000967. The van der Waals surface area contributed by atoms with E-state index in [0.29, 0.717) is 6.61 Å². The summed E-state index contributed by atoms with van der Waals surface area (Å²) in [4.78, 5) is 0. The highest BCUT2D eigenvalue weighted by molar-refractivity contribution is 9.10. The highest BCUT2D eigenvalue weighted by atomic mass is 79.9. The van der Waals surface area contributed by atoms with Gasteiger partial charge >= 0.3 is 0 Å². The maximum atomic E-state index is 5.87. The van der Waals surface area contributed by atoms with Crippen molar-refractivity contribution >= 4 is 15.9 Å². The van der Waals surface area contributed by atoms with Crippen LogP contribution >= 0.6 is 15.9 Å². The Balaban J connectivity index is 2.12. The van der Waals surface area contributed by atoms with E-state index in [2.05, 4.69) is 15.9 Å². The zero-order valence-corrected chi connectivity index (χ0v) is 13.2. The quantitative estimate of drug-likeness (QED) is 0.896. The van der Waals surface area contributed by atoms with Gasteiger partial charge < -0.3 is 15.2 Å². The number of hydrogen-bond donors (Lipinski definition) is 1. The molecular weight excluding hydrogens is 318 g/mol. The average molecular weight is 336 g/mol. The van der Waals surface area contributed by atoms with E-state index in [-0.39, 0.29) is 6.04 Å². The molecule has 0 amide bonds. The van der Waals surface area contributed by atoms with Crippen molar-refractivity contribution in [3.05, 3.63) is 58.1 Å². The third-order valence-electron chi connectivity index (χ3n) is 3.02. The molecule has 106 valence electrons. The van der Waals surface area contributed by atoms with Crippen LogP contribution in [0.3, 0.4) is 0 Å². The zero-order valence-electron chi connectivity index (χ0n) is 11.6. The maximum absolute atomic E-state index is 5.87. The van der Waals surface area contributed by atoms with Crippen LogP contribution in [0.15, 0.2) is 46.9 Å². The third-order valence-corrected chi connectivity index (χ3v) is 3.51. The first kappa shape index (κ1) is 14.9. The van der Waals surface area contributed by atoms with Crippen LogP contribution in [0.2, 0.25) is 0 Å². The second-order valence-electron chi connectivity index (χ2n) is 4.61. The standard InChI is InChI=1S/C16H18BrNO2/c1-11(18)12-4-3-5-15(9-12)20-10-13-8-14(17)6-7-16(13)19-2/h3-9,11H,10,18H2,1-2H3/t11-/m1/s1. The number of halogens is 1. The maximum Gasteiger partial charge on any atom is 0.125 e. The van der Waals surface area contributed by atoms with Gasteiger partial charge in [-0.15, -0.1) is 0 Å². The van der Waals surface area contributed by atoms with Crippen LogP contribution in [-0.4, -0.2) is 7.11 Å². The highest BCUT2D eigenvalue weighted by Gasteiger charge is 2.06. The Labute approximate surface area is 127 Å².